The minimum atomic E-state index is -0.719. The maximum Gasteiger partial charge on any atom is 0.249 e. The van der Waals surface area contributed by atoms with E-state index in [1.165, 1.54) is 0 Å². The maximum atomic E-state index is 14.1. The van der Waals surface area contributed by atoms with Crippen molar-refractivity contribution in [1.29, 1.82) is 0 Å². The van der Waals surface area contributed by atoms with Gasteiger partial charge in [-0.2, -0.15) is 0 Å². The van der Waals surface area contributed by atoms with Crippen molar-refractivity contribution in [1.82, 2.24) is 25.3 Å². The van der Waals surface area contributed by atoms with Gasteiger partial charge in [0.05, 0.1) is 12.1 Å². The maximum absolute atomic E-state index is 14.1. The van der Waals surface area contributed by atoms with Gasteiger partial charge in [-0.3, -0.25) is 24.1 Å². The van der Waals surface area contributed by atoms with Gasteiger partial charge in [0, 0.05) is 31.2 Å². The number of hydrogen-bond acceptors (Lipinski definition) is 5. The Kier molecular flexibility index (Phi) is 13.1. The first-order valence-corrected chi connectivity index (χ1v) is 16.1. The van der Waals surface area contributed by atoms with Gasteiger partial charge in [0.15, 0.2) is 0 Å². The Morgan fingerprint density at radius 1 is 0.905 bits per heavy atom. The summed E-state index contributed by atoms with van der Waals surface area (Å²) in [7, 11) is 1.76. The van der Waals surface area contributed by atoms with E-state index >= 15 is 0 Å². The molecule has 2 saturated heterocycles. The lowest BCUT2D eigenvalue weighted by Crippen LogP contribution is -2.60. The van der Waals surface area contributed by atoms with Crippen molar-refractivity contribution < 1.29 is 19.2 Å². The highest BCUT2D eigenvalue weighted by Gasteiger charge is 2.40. The fourth-order valence-corrected chi connectivity index (χ4v) is 6.12. The molecule has 0 spiro atoms. The Hall–Kier alpha value is -2.42. The third-order valence-electron chi connectivity index (χ3n) is 8.96. The molecule has 5 atom stereocenters. The Labute approximate surface area is 255 Å². The molecular weight excluding hydrogens is 530 g/mol. The quantitative estimate of drug-likeness (QED) is 0.353. The Bertz CT molecular complexity index is 985. The van der Waals surface area contributed by atoms with Crippen molar-refractivity contribution >= 4 is 23.6 Å². The zero-order valence-corrected chi connectivity index (χ0v) is 28.3. The third-order valence-corrected chi connectivity index (χ3v) is 8.96. The first kappa shape index (κ1) is 35.8. The number of likely N-dealkylation sites (tertiary alicyclic amines) is 2. The van der Waals surface area contributed by atoms with Crippen molar-refractivity contribution in [2.24, 2.45) is 11.3 Å². The van der Waals surface area contributed by atoms with Crippen LogP contribution in [0.25, 0.3) is 0 Å². The molecule has 2 heterocycles. The largest absolute Gasteiger partial charge is 0.352 e. The number of hydrogen-bond donors (Lipinski definition) is 2. The van der Waals surface area contributed by atoms with Gasteiger partial charge in [-0.25, -0.2) is 0 Å². The zero-order valence-electron chi connectivity index (χ0n) is 28.3. The predicted molar refractivity (Wildman–Crippen MR) is 169 cm³/mol. The molecule has 4 amide bonds. The van der Waals surface area contributed by atoms with Crippen molar-refractivity contribution in [2.75, 3.05) is 20.1 Å². The molecule has 240 valence electrons. The monoisotopic (exact) mass is 589 g/mol. The zero-order chi connectivity index (χ0) is 31.9. The molecule has 42 heavy (non-hydrogen) atoms. The van der Waals surface area contributed by atoms with E-state index in [1.54, 1.807) is 23.8 Å². The molecule has 0 aromatic heterocycles. The Morgan fingerprint density at radius 2 is 1.50 bits per heavy atom. The molecule has 9 heteroatoms. The normalized spacial score (nSPS) is 22.6. The lowest BCUT2D eigenvalue weighted by atomic mass is 9.84. The SMILES string of the molecule is CC[C@H](C)NC(=O)[C@@H]1CCCN1C(=O)/C(C)=C/[C@H](C(C)C)N(C)C(=O)[C@@H](NC(=O)[C@H]1CCCCN1C(C)C)C(C)(C)C. The minimum Gasteiger partial charge on any atom is -0.352 e. The molecule has 2 aliphatic rings. The van der Waals surface area contributed by atoms with Crippen molar-refractivity contribution in [3.8, 4) is 0 Å². The molecule has 0 saturated carbocycles. The number of carbonyl (C=O) groups is 4. The minimum absolute atomic E-state index is 0.0240. The van der Waals surface area contributed by atoms with E-state index in [-0.39, 0.29) is 53.7 Å². The van der Waals surface area contributed by atoms with Crippen LogP contribution in [0.15, 0.2) is 11.6 Å². The van der Waals surface area contributed by atoms with Crippen molar-refractivity contribution in [3.63, 3.8) is 0 Å². The van der Waals surface area contributed by atoms with E-state index in [4.69, 9.17) is 0 Å². The molecule has 2 rings (SSSR count). The number of carbonyl (C=O) groups excluding carboxylic acids is 4. The highest BCUT2D eigenvalue weighted by Crippen LogP contribution is 2.27. The summed E-state index contributed by atoms with van der Waals surface area (Å²) in [5.74, 6) is -0.520. The van der Waals surface area contributed by atoms with Gasteiger partial charge in [0.1, 0.15) is 12.1 Å². The van der Waals surface area contributed by atoms with Gasteiger partial charge in [0.25, 0.3) is 0 Å². The second-order valence-corrected chi connectivity index (χ2v) is 14.2. The van der Waals surface area contributed by atoms with E-state index in [0.29, 0.717) is 18.5 Å². The Balaban J connectivity index is 2.26. The summed E-state index contributed by atoms with van der Waals surface area (Å²) in [5, 5.41) is 6.15. The van der Waals surface area contributed by atoms with Crippen LogP contribution < -0.4 is 10.6 Å². The number of nitrogens with zero attached hydrogens (tertiary/aromatic N) is 3. The molecule has 0 radical (unpaired) electrons. The van der Waals surface area contributed by atoms with Crippen LogP contribution in [-0.2, 0) is 19.2 Å². The third kappa shape index (κ3) is 9.04. The van der Waals surface area contributed by atoms with Crippen LogP contribution >= 0.6 is 0 Å². The fraction of sp³-hybridized carbons (Fsp3) is 0.818. The van der Waals surface area contributed by atoms with Crippen molar-refractivity contribution in [3.05, 3.63) is 11.6 Å². The molecule has 0 bridgehead atoms. The molecule has 0 aromatic rings. The van der Waals surface area contributed by atoms with E-state index in [0.717, 1.165) is 38.6 Å². The summed E-state index contributed by atoms with van der Waals surface area (Å²) in [4.78, 5) is 59.7. The lowest BCUT2D eigenvalue weighted by molar-refractivity contribution is -0.142. The number of likely N-dealkylation sites (N-methyl/N-ethyl adjacent to an activating group) is 1. The summed E-state index contributed by atoms with van der Waals surface area (Å²) in [6.07, 6.45) is 6.98. The molecule has 0 aliphatic carbocycles. The number of amides is 4. The fourth-order valence-electron chi connectivity index (χ4n) is 6.12. The average molecular weight is 590 g/mol. The molecule has 2 N–H and O–H groups in total. The van der Waals surface area contributed by atoms with Gasteiger partial charge in [-0.15, -0.1) is 0 Å². The van der Waals surface area contributed by atoms with Gasteiger partial charge in [-0.05, 0) is 77.7 Å². The number of rotatable bonds is 11. The molecule has 2 aliphatic heterocycles. The summed E-state index contributed by atoms with van der Waals surface area (Å²) < 4.78 is 0. The molecule has 0 aromatic carbocycles. The van der Waals surface area contributed by atoms with Gasteiger partial charge in [-0.1, -0.05) is 54.0 Å². The van der Waals surface area contributed by atoms with Gasteiger partial charge < -0.3 is 20.4 Å². The average Bonchev–Trinajstić information content (AvgIpc) is 3.42. The summed E-state index contributed by atoms with van der Waals surface area (Å²) in [6.45, 7) is 21.3. The number of piperidine rings is 1. The molecule has 0 unspecified atom stereocenters. The smallest absolute Gasteiger partial charge is 0.249 e. The van der Waals surface area contributed by atoms with E-state index in [2.05, 4.69) is 29.4 Å². The second kappa shape index (κ2) is 15.3. The van der Waals surface area contributed by atoms with Crippen LogP contribution in [0.1, 0.15) is 108 Å². The van der Waals surface area contributed by atoms with E-state index < -0.39 is 17.5 Å². The van der Waals surface area contributed by atoms with Crippen LogP contribution in [0.2, 0.25) is 0 Å². The molecular formula is C33H59N5O4. The Morgan fingerprint density at radius 3 is 2.05 bits per heavy atom. The summed E-state index contributed by atoms with van der Waals surface area (Å²) >= 11 is 0. The van der Waals surface area contributed by atoms with Gasteiger partial charge >= 0.3 is 0 Å². The standard InChI is InChI=1S/C33H59N5O4/c1-12-24(7)34-29(39)26-17-15-19-38(26)31(41)23(6)20-27(21(2)3)36(11)32(42)28(33(8,9)10)35-30(40)25-16-13-14-18-37(25)22(4)5/h20-22,24-28H,12-19H2,1-11H3,(H,34,39)(H,35,40)/b23-20+/t24-,25+,26-,27+,28+/m0/s1. The van der Waals surface area contributed by atoms with Crippen LogP contribution in [0.5, 0.6) is 0 Å². The first-order valence-electron chi connectivity index (χ1n) is 16.1. The lowest BCUT2D eigenvalue weighted by Gasteiger charge is -2.41. The van der Waals surface area contributed by atoms with Crippen LogP contribution in [-0.4, -0.2) is 94.7 Å². The van der Waals surface area contributed by atoms with Crippen LogP contribution in [0, 0.1) is 11.3 Å². The van der Waals surface area contributed by atoms with E-state index in [9.17, 15) is 19.2 Å². The predicted octanol–water partition coefficient (Wildman–Crippen LogP) is 4.12. The molecule has 9 nitrogen and oxygen atoms in total. The van der Waals surface area contributed by atoms with Crippen molar-refractivity contribution in [2.45, 2.75) is 144 Å². The van der Waals surface area contributed by atoms with E-state index in [1.807, 2.05) is 54.5 Å². The molecule has 2 fully saturated rings. The second-order valence-electron chi connectivity index (χ2n) is 14.2. The number of nitrogens with one attached hydrogen (secondary N) is 2. The summed E-state index contributed by atoms with van der Waals surface area (Å²) in [5.41, 5.74) is 0.00271. The van der Waals surface area contributed by atoms with Gasteiger partial charge in [0.2, 0.25) is 23.6 Å². The van der Waals surface area contributed by atoms with Crippen LogP contribution in [0.3, 0.4) is 0 Å². The highest BCUT2D eigenvalue weighted by molar-refractivity contribution is 5.97. The first-order chi connectivity index (χ1) is 19.5. The summed E-state index contributed by atoms with van der Waals surface area (Å²) in [6, 6.07) is -1.49. The topological polar surface area (TPSA) is 102 Å². The van der Waals surface area contributed by atoms with Crippen LogP contribution in [0.4, 0.5) is 0 Å². The highest BCUT2D eigenvalue weighted by atomic mass is 16.2.